The number of benzene rings is 1. The highest BCUT2D eigenvalue weighted by Gasteiger charge is 2.25. The van der Waals surface area contributed by atoms with Crippen LogP contribution in [0.5, 0.6) is 0 Å². The normalized spacial score (nSPS) is 16.4. The third kappa shape index (κ3) is 5.06. The van der Waals surface area contributed by atoms with Crippen molar-refractivity contribution in [2.45, 2.75) is 39.2 Å². The quantitative estimate of drug-likeness (QED) is 0.632. The average molecular weight is 428 g/mol. The van der Waals surface area contributed by atoms with Gasteiger partial charge < -0.3 is 5.32 Å². The molecule has 0 atom stereocenters. The van der Waals surface area contributed by atoms with Gasteiger partial charge in [0, 0.05) is 41.3 Å². The molecule has 4 rings (SSSR count). The van der Waals surface area contributed by atoms with E-state index in [9.17, 15) is 4.79 Å². The van der Waals surface area contributed by atoms with Crippen molar-refractivity contribution in [3.63, 3.8) is 0 Å². The van der Waals surface area contributed by atoms with Gasteiger partial charge in [-0.1, -0.05) is 37.6 Å². The van der Waals surface area contributed by atoms with Gasteiger partial charge in [-0.15, -0.1) is 0 Å². The van der Waals surface area contributed by atoms with Crippen molar-refractivity contribution < 1.29 is 4.79 Å². The zero-order valence-electron chi connectivity index (χ0n) is 18.3. The minimum atomic E-state index is 0.281. The van der Waals surface area contributed by atoms with E-state index in [-0.39, 0.29) is 5.92 Å². The Morgan fingerprint density at radius 1 is 1.23 bits per heavy atom. The molecule has 1 N–H and O–H groups in total. The van der Waals surface area contributed by atoms with Crippen LogP contribution in [-0.2, 0) is 0 Å². The van der Waals surface area contributed by atoms with E-state index in [0.29, 0.717) is 16.3 Å². The van der Waals surface area contributed by atoms with Gasteiger partial charge in [-0.2, -0.15) is 5.10 Å². The Hall–Kier alpha value is -2.28. The predicted molar refractivity (Wildman–Crippen MR) is 122 cm³/mol. The molecule has 0 unspecified atom stereocenters. The first kappa shape index (κ1) is 22.4. The monoisotopic (exact) mass is 427 g/mol. The number of halogens is 1. The lowest BCUT2D eigenvalue weighted by atomic mass is 10.0. The Bertz CT molecular complexity index is 1010. The zero-order chi connectivity index (χ0) is 21.9. The third-order valence-corrected chi connectivity index (χ3v) is 5.82. The molecule has 0 bridgehead atoms. The van der Waals surface area contributed by atoms with Crippen molar-refractivity contribution >= 4 is 23.5 Å². The van der Waals surface area contributed by atoms with E-state index in [4.69, 9.17) is 11.6 Å². The SMILES string of the molecule is CC(C)c1cc(-c2ccc(Cl)cc2)nn2cc(C=O)nc12.CN1CCNCC1(C)C. The van der Waals surface area contributed by atoms with Gasteiger partial charge in [0.15, 0.2) is 11.9 Å². The highest BCUT2D eigenvalue weighted by molar-refractivity contribution is 6.30. The number of rotatable bonds is 3. The van der Waals surface area contributed by atoms with Crippen LogP contribution in [0.15, 0.2) is 36.5 Å². The van der Waals surface area contributed by atoms with E-state index >= 15 is 0 Å². The van der Waals surface area contributed by atoms with Crippen LogP contribution >= 0.6 is 11.6 Å². The lowest BCUT2D eigenvalue weighted by Gasteiger charge is -2.40. The molecular formula is C23H30ClN5O. The van der Waals surface area contributed by atoms with Gasteiger partial charge in [-0.05, 0) is 45.0 Å². The van der Waals surface area contributed by atoms with E-state index in [0.717, 1.165) is 41.8 Å². The first-order valence-corrected chi connectivity index (χ1v) is 10.6. The molecular weight excluding hydrogens is 398 g/mol. The van der Waals surface area contributed by atoms with Gasteiger partial charge in [0.1, 0.15) is 5.69 Å². The molecule has 0 saturated carbocycles. The molecule has 2 aromatic heterocycles. The van der Waals surface area contributed by atoms with Crippen LogP contribution in [0.25, 0.3) is 16.9 Å². The molecule has 3 heterocycles. The van der Waals surface area contributed by atoms with Gasteiger partial charge in [0.25, 0.3) is 0 Å². The summed E-state index contributed by atoms with van der Waals surface area (Å²) in [6, 6.07) is 9.55. The Morgan fingerprint density at radius 2 is 1.93 bits per heavy atom. The second-order valence-electron chi connectivity index (χ2n) is 8.61. The molecule has 1 fully saturated rings. The molecule has 1 saturated heterocycles. The Labute approximate surface area is 183 Å². The van der Waals surface area contributed by atoms with Crippen molar-refractivity contribution in [1.82, 2.24) is 24.8 Å². The van der Waals surface area contributed by atoms with Gasteiger partial charge in [0.2, 0.25) is 0 Å². The summed E-state index contributed by atoms with van der Waals surface area (Å²) in [5.74, 6) is 0.281. The standard InChI is InChI=1S/C16H14ClN3O.C7H16N2/c1-10(2)14-7-15(11-3-5-12(17)6-4-11)19-20-8-13(9-21)18-16(14)20;1-7(2)6-8-4-5-9(7)3/h3-10H,1-2H3;8H,4-6H2,1-3H3. The van der Waals surface area contributed by atoms with Crippen molar-refractivity contribution in [3.8, 4) is 11.3 Å². The van der Waals surface area contributed by atoms with Gasteiger partial charge in [-0.3, -0.25) is 9.69 Å². The number of hydrogen-bond donors (Lipinski definition) is 1. The van der Waals surface area contributed by atoms with Crippen LogP contribution < -0.4 is 5.32 Å². The lowest BCUT2D eigenvalue weighted by Crippen LogP contribution is -2.55. The maximum Gasteiger partial charge on any atom is 0.170 e. The number of likely N-dealkylation sites (N-methyl/N-ethyl adjacent to an activating group) is 1. The van der Waals surface area contributed by atoms with Crippen LogP contribution in [-0.4, -0.2) is 58.0 Å². The third-order valence-electron chi connectivity index (χ3n) is 5.57. The van der Waals surface area contributed by atoms with E-state index in [2.05, 4.69) is 55.0 Å². The minimum Gasteiger partial charge on any atom is -0.314 e. The molecule has 3 aromatic rings. The second-order valence-corrected chi connectivity index (χ2v) is 9.05. The molecule has 30 heavy (non-hydrogen) atoms. The maximum absolute atomic E-state index is 10.9. The Morgan fingerprint density at radius 3 is 2.47 bits per heavy atom. The topological polar surface area (TPSA) is 62.5 Å². The number of carbonyl (C=O) groups excluding carboxylic acids is 1. The average Bonchev–Trinajstić information content (AvgIpc) is 3.13. The summed E-state index contributed by atoms with van der Waals surface area (Å²) in [5, 5.41) is 8.59. The second kappa shape index (κ2) is 9.25. The Kier molecular flexibility index (Phi) is 6.91. The minimum absolute atomic E-state index is 0.281. The van der Waals surface area contributed by atoms with Crippen LogP contribution in [0.4, 0.5) is 0 Å². The smallest absolute Gasteiger partial charge is 0.170 e. The molecule has 7 heteroatoms. The van der Waals surface area contributed by atoms with Crippen LogP contribution in [0.3, 0.4) is 0 Å². The predicted octanol–water partition coefficient (Wildman–Crippen LogP) is 4.29. The summed E-state index contributed by atoms with van der Waals surface area (Å²) in [6.07, 6.45) is 2.38. The first-order chi connectivity index (χ1) is 14.2. The number of hydrogen-bond acceptors (Lipinski definition) is 5. The highest BCUT2D eigenvalue weighted by atomic mass is 35.5. The van der Waals surface area contributed by atoms with E-state index in [1.807, 2.05) is 30.3 Å². The molecule has 6 nitrogen and oxygen atoms in total. The molecule has 0 amide bonds. The molecule has 1 aliphatic rings. The largest absolute Gasteiger partial charge is 0.314 e. The van der Waals surface area contributed by atoms with Crippen molar-refractivity contribution in [1.29, 1.82) is 0 Å². The highest BCUT2D eigenvalue weighted by Crippen LogP contribution is 2.26. The van der Waals surface area contributed by atoms with Gasteiger partial charge in [-0.25, -0.2) is 9.50 Å². The number of imidazole rings is 1. The fourth-order valence-corrected chi connectivity index (χ4v) is 3.47. The summed E-state index contributed by atoms with van der Waals surface area (Å²) in [5.41, 5.74) is 4.34. The summed E-state index contributed by atoms with van der Waals surface area (Å²) >= 11 is 5.92. The van der Waals surface area contributed by atoms with Crippen LogP contribution in [0.2, 0.25) is 5.02 Å². The zero-order valence-corrected chi connectivity index (χ0v) is 19.1. The number of nitrogens with zero attached hydrogens (tertiary/aromatic N) is 4. The van der Waals surface area contributed by atoms with Crippen molar-refractivity contribution in [3.05, 3.63) is 52.8 Å². The number of piperazine rings is 1. The van der Waals surface area contributed by atoms with Gasteiger partial charge in [0.05, 0.1) is 11.9 Å². The van der Waals surface area contributed by atoms with Crippen LogP contribution in [0, 0.1) is 0 Å². The fraction of sp³-hybridized carbons (Fsp3) is 0.435. The maximum atomic E-state index is 10.9. The summed E-state index contributed by atoms with van der Waals surface area (Å²) in [4.78, 5) is 17.6. The molecule has 1 aromatic carbocycles. The van der Waals surface area contributed by atoms with E-state index in [1.165, 1.54) is 6.54 Å². The van der Waals surface area contributed by atoms with E-state index < -0.39 is 0 Å². The molecule has 0 aliphatic carbocycles. The van der Waals surface area contributed by atoms with Gasteiger partial charge >= 0.3 is 0 Å². The number of aromatic nitrogens is 3. The molecule has 0 radical (unpaired) electrons. The number of carbonyl (C=O) groups is 1. The number of aldehydes is 1. The van der Waals surface area contributed by atoms with Crippen LogP contribution in [0.1, 0.15) is 49.7 Å². The summed E-state index contributed by atoms with van der Waals surface area (Å²) in [7, 11) is 2.18. The molecule has 0 spiro atoms. The number of fused-ring (bicyclic) bond motifs is 1. The molecule has 160 valence electrons. The van der Waals surface area contributed by atoms with E-state index in [1.54, 1.807) is 10.7 Å². The lowest BCUT2D eigenvalue weighted by molar-refractivity contribution is 0.111. The Balaban J connectivity index is 0.000000239. The fourth-order valence-electron chi connectivity index (χ4n) is 3.34. The number of nitrogens with one attached hydrogen (secondary N) is 1. The summed E-state index contributed by atoms with van der Waals surface area (Å²) in [6.45, 7) is 12.1. The summed E-state index contributed by atoms with van der Waals surface area (Å²) < 4.78 is 1.67. The van der Waals surface area contributed by atoms with Crippen molar-refractivity contribution in [2.75, 3.05) is 26.7 Å². The first-order valence-electron chi connectivity index (χ1n) is 10.2. The molecule has 1 aliphatic heterocycles. The van der Waals surface area contributed by atoms with Crippen molar-refractivity contribution in [2.24, 2.45) is 0 Å².